The maximum absolute atomic E-state index is 11.8. The van der Waals surface area contributed by atoms with Gasteiger partial charge in [-0.05, 0) is 12.1 Å². The topological polar surface area (TPSA) is 77.3 Å². The van der Waals surface area contributed by atoms with Crippen molar-refractivity contribution >= 4 is 11.7 Å². The van der Waals surface area contributed by atoms with E-state index in [0.717, 1.165) is 5.56 Å². The predicted molar refractivity (Wildman–Crippen MR) is 61.8 cm³/mol. The summed E-state index contributed by atoms with van der Waals surface area (Å²) in [6.45, 7) is 0.706. The van der Waals surface area contributed by atoms with Crippen LogP contribution in [0, 0.1) is 0 Å². The molecule has 0 unspecified atom stereocenters. The molecule has 2 N–H and O–H groups in total. The first-order chi connectivity index (χ1) is 8.15. The maximum atomic E-state index is 11.8. The lowest BCUT2D eigenvalue weighted by molar-refractivity contribution is -0.131. The van der Waals surface area contributed by atoms with Crippen LogP contribution in [0.5, 0.6) is 0 Å². The summed E-state index contributed by atoms with van der Waals surface area (Å²) in [5, 5.41) is 3.96. The van der Waals surface area contributed by atoms with Crippen molar-refractivity contribution in [2.45, 2.75) is 13.1 Å². The molecule has 2 rings (SSSR count). The third kappa shape index (κ3) is 2.87. The Labute approximate surface area is 98.6 Å². The second-order valence-electron chi connectivity index (χ2n) is 3.82. The highest BCUT2D eigenvalue weighted by Gasteiger charge is 2.11. The lowest BCUT2D eigenvalue weighted by Crippen LogP contribution is -2.29. The average molecular weight is 234 g/mol. The van der Waals surface area contributed by atoms with E-state index in [2.05, 4.69) is 5.10 Å². The van der Waals surface area contributed by atoms with Crippen LogP contribution in [0.2, 0.25) is 0 Å². The molecule has 2 aromatic rings. The van der Waals surface area contributed by atoms with Gasteiger partial charge in [0.2, 0.25) is 5.91 Å². The number of nitrogens with two attached hydrogens (primary N) is 1. The average Bonchev–Trinajstić information content (AvgIpc) is 2.90. The number of rotatable bonds is 4. The molecule has 0 aliphatic carbocycles. The Morgan fingerprint density at radius 1 is 1.59 bits per heavy atom. The number of aromatic nitrogens is 2. The van der Waals surface area contributed by atoms with Gasteiger partial charge in [0.15, 0.2) is 0 Å². The van der Waals surface area contributed by atoms with Crippen molar-refractivity contribution in [1.29, 1.82) is 0 Å². The molecule has 0 fully saturated rings. The minimum atomic E-state index is -0.0331. The Kier molecular flexibility index (Phi) is 3.13. The summed E-state index contributed by atoms with van der Waals surface area (Å²) in [5.74, 6) is 0.379. The molecule has 0 spiro atoms. The zero-order valence-electron chi connectivity index (χ0n) is 9.54. The number of carbonyl (C=O) groups excluding carboxylic acids is 1. The lowest BCUT2D eigenvalue weighted by atomic mass is 10.3. The molecule has 2 heterocycles. The Morgan fingerprint density at radius 2 is 2.41 bits per heavy atom. The fourth-order valence-corrected chi connectivity index (χ4v) is 1.47. The molecule has 90 valence electrons. The van der Waals surface area contributed by atoms with Gasteiger partial charge < -0.3 is 15.1 Å². The van der Waals surface area contributed by atoms with E-state index in [0.29, 0.717) is 12.4 Å². The van der Waals surface area contributed by atoms with E-state index >= 15 is 0 Å². The highest BCUT2D eigenvalue weighted by Crippen LogP contribution is 2.05. The molecule has 1 amide bonds. The fraction of sp³-hybridized carbons (Fsp3) is 0.273. The minimum Gasteiger partial charge on any atom is -0.472 e. The van der Waals surface area contributed by atoms with Gasteiger partial charge in [0.25, 0.3) is 0 Å². The van der Waals surface area contributed by atoms with Crippen molar-refractivity contribution in [2.24, 2.45) is 0 Å². The van der Waals surface area contributed by atoms with Crippen LogP contribution in [-0.2, 0) is 17.9 Å². The standard InChI is InChI=1S/C11H14N4O2/c1-14(6-9-3-5-17-8-9)11(16)7-15-4-2-10(12)13-15/h2-5,8H,6-7H2,1H3,(H2,12,13). The molecule has 17 heavy (non-hydrogen) atoms. The number of nitrogen functional groups attached to an aromatic ring is 1. The van der Waals surface area contributed by atoms with E-state index in [1.54, 1.807) is 36.7 Å². The molecule has 0 aliphatic rings. The van der Waals surface area contributed by atoms with Crippen molar-refractivity contribution in [3.05, 3.63) is 36.4 Å². The van der Waals surface area contributed by atoms with Gasteiger partial charge in [-0.2, -0.15) is 5.10 Å². The Hall–Kier alpha value is -2.24. The number of hydrogen-bond acceptors (Lipinski definition) is 4. The second-order valence-corrected chi connectivity index (χ2v) is 3.82. The summed E-state index contributed by atoms with van der Waals surface area (Å²) < 4.78 is 6.46. The second kappa shape index (κ2) is 4.73. The molecular weight excluding hydrogens is 220 g/mol. The number of anilines is 1. The monoisotopic (exact) mass is 234 g/mol. The first-order valence-electron chi connectivity index (χ1n) is 5.19. The maximum Gasteiger partial charge on any atom is 0.244 e. The van der Waals surface area contributed by atoms with Crippen molar-refractivity contribution in [3.8, 4) is 0 Å². The number of hydrogen-bond donors (Lipinski definition) is 1. The van der Waals surface area contributed by atoms with Crippen LogP contribution in [0.4, 0.5) is 5.82 Å². The molecule has 2 aromatic heterocycles. The molecule has 6 heteroatoms. The van der Waals surface area contributed by atoms with Crippen LogP contribution in [0.15, 0.2) is 35.3 Å². The number of carbonyl (C=O) groups is 1. The highest BCUT2D eigenvalue weighted by molar-refractivity contribution is 5.75. The highest BCUT2D eigenvalue weighted by atomic mass is 16.3. The van der Waals surface area contributed by atoms with Crippen LogP contribution in [0.3, 0.4) is 0 Å². The van der Waals surface area contributed by atoms with Gasteiger partial charge >= 0.3 is 0 Å². The quantitative estimate of drug-likeness (QED) is 0.845. The molecule has 0 radical (unpaired) electrons. The molecule has 0 aromatic carbocycles. The predicted octanol–water partition coefficient (Wildman–Crippen LogP) is 0.717. The first kappa shape index (κ1) is 11.3. The fourth-order valence-electron chi connectivity index (χ4n) is 1.47. The summed E-state index contributed by atoms with van der Waals surface area (Å²) >= 11 is 0. The third-order valence-electron chi connectivity index (χ3n) is 2.38. The molecule has 0 bridgehead atoms. The van der Waals surface area contributed by atoms with Crippen molar-refractivity contribution in [2.75, 3.05) is 12.8 Å². The largest absolute Gasteiger partial charge is 0.472 e. The van der Waals surface area contributed by atoms with E-state index < -0.39 is 0 Å². The van der Waals surface area contributed by atoms with Crippen LogP contribution in [0.1, 0.15) is 5.56 Å². The molecule has 0 saturated carbocycles. The smallest absolute Gasteiger partial charge is 0.244 e. The lowest BCUT2D eigenvalue weighted by Gasteiger charge is -2.15. The van der Waals surface area contributed by atoms with Gasteiger partial charge in [0.05, 0.1) is 12.5 Å². The third-order valence-corrected chi connectivity index (χ3v) is 2.38. The summed E-state index contributed by atoms with van der Waals surface area (Å²) in [4.78, 5) is 13.5. The number of nitrogens with zero attached hydrogens (tertiary/aromatic N) is 3. The number of likely N-dealkylation sites (N-methyl/N-ethyl adjacent to an activating group) is 1. The van der Waals surface area contributed by atoms with Crippen LogP contribution >= 0.6 is 0 Å². The zero-order valence-corrected chi connectivity index (χ0v) is 9.54. The normalized spacial score (nSPS) is 10.4. The molecule has 0 atom stereocenters. The van der Waals surface area contributed by atoms with Gasteiger partial charge in [-0.3, -0.25) is 9.48 Å². The SMILES string of the molecule is CN(Cc1ccoc1)C(=O)Cn1ccc(N)n1. The van der Waals surface area contributed by atoms with Crippen molar-refractivity contribution in [1.82, 2.24) is 14.7 Å². The summed E-state index contributed by atoms with van der Waals surface area (Å²) in [6.07, 6.45) is 4.89. The summed E-state index contributed by atoms with van der Waals surface area (Å²) in [7, 11) is 1.74. The van der Waals surface area contributed by atoms with E-state index in [-0.39, 0.29) is 12.5 Å². The number of furan rings is 1. The van der Waals surface area contributed by atoms with Crippen LogP contribution < -0.4 is 5.73 Å². The van der Waals surface area contributed by atoms with Gasteiger partial charge in [-0.25, -0.2) is 0 Å². The molecule has 6 nitrogen and oxygen atoms in total. The van der Waals surface area contributed by atoms with Gasteiger partial charge in [-0.15, -0.1) is 0 Å². The molecular formula is C11H14N4O2. The van der Waals surface area contributed by atoms with Gasteiger partial charge in [0, 0.05) is 25.4 Å². The minimum absolute atomic E-state index is 0.0331. The summed E-state index contributed by atoms with van der Waals surface area (Å²) in [5.41, 5.74) is 6.43. The van der Waals surface area contributed by atoms with Gasteiger partial charge in [-0.1, -0.05) is 0 Å². The van der Waals surface area contributed by atoms with Crippen LogP contribution in [-0.4, -0.2) is 27.6 Å². The van der Waals surface area contributed by atoms with E-state index in [9.17, 15) is 4.79 Å². The van der Waals surface area contributed by atoms with E-state index in [1.807, 2.05) is 6.07 Å². The first-order valence-corrected chi connectivity index (χ1v) is 5.19. The van der Waals surface area contributed by atoms with E-state index in [1.165, 1.54) is 4.68 Å². The Balaban J connectivity index is 1.91. The van der Waals surface area contributed by atoms with E-state index in [4.69, 9.17) is 10.2 Å². The number of amides is 1. The Bertz CT molecular complexity index is 489. The molecule has 0 aliphatic heterocycles. The van der Waals surface area contributed by atoms with Crippen LogP contribution in [0.25, 0.3) is 0 Å². The molecule has 0 saturated heterocycles. The van der Waals surface area contributed by atoms with Crippen molar-refractivity contribution < 1.29 is 9.21 Å². The van der Waals surface area contributed by atoms with Crippen molar-refractivity contribution in [3.63, 3.8) is 0 Å². The zero-order chi connectivity index (χ0) is 12.3. The Morgan fingerprint density at radius 3 is 3.00 bits per heavy atom. The summed E-state index contributed by atoms with van der Waals surface area (Å²) in [6, 6.07) is 3.49. The van der Waals surface area contributed by atoms with Gasteiger partial charge in [0.1, 0.15) is 12.4 Å².